The van der Waals surface area contributed by atoms with Crippen molar-refractivity contribution in [2.24, 2.45) is 7.05 Å². The second-order valence-corrected chi connectivity index (χ2v) is 3.66. The lowest BCUT2D eigenvalue weighted by atomic mass is 10.3. The second kappa shape index (κ2) is 6.00. The third-order valence-corrected chi connectivity index (χ3v) is 2.32. The minimum Gasteiger partial charge on any atom is -0.351 e. The van der Waals surface area contributed by atoms with Crippen LogP contribution in [0.3, 0.4) is 0 Å². The molecule has 0 spiro atoms. The number of hydrogen-bond acceptors (Lipinski definition) is 4. The molecule has 2 N–H and O–H groups in total. The third kappa shape index (κ3) is 3.56. The van der Waals surface area contributed by atoms with E-state index in [1.54, 1.807) is 7.05 Å². The Bertz CT molecular complexity index is 414. The number of nitro groups is 1. The van der Waals surface area contributed by atoms with E-state index in [4.69, 9.17) is 0 Å². The molecule has 1 aromatic heterocycles. The Morgan fingerprint density at radius 1 is 1.53 bits per heavy atom. The average Bonchev–Trinajstić information content (AvgIpc) is 2.67. The van der Waals surface area contributed by atoms with E-state index < -0.39 is 4.92 Å². The Balaban J connectivity index is 2.59. The number of rotatable bonds is 6. The van der Waals surface area contributed by atoms with Crippen molar-refractivity contribution in [1.82, 2.24) is 15.2 Å². The van der Waals surface area contributed by atoms with Crippen LogP contribution in [0.5, 0.6) is 0 Å². The molecule has 0 aliphatic rings. The maximum absolute atomic E-state index is 11.7. The van der Waals surface area contributed by atoms with E-state index in [9.17, 15) is 14.9 Å². The molecular formula is C10H16N4O3. The lowest BCUT2D eigenvalue weighted by Crippen LogP contribution is -2.27. The van der Waals surface area contributed by atoms with Gasteiger partial charge in [-0.05, 0) is 20.0 Å². The molecule has 1 rings (SSSR count). The molecule has 0 unspecified atom stereocenters. The smallest absolute Gasteiger partial charge is 0.287 e. The zero-order valence-electron chi connectivity index (χ0n) is 9.90. The van der Waals surface area contributed by atoms with Crippen LogP contribution in [-0.2, 0) is 7.05 Å². The van der Waals surface area contributed by atoms with E-state index in [1.807, 2.05) is 7.05 Å². The lowest BCUT2D eigenvalue weighted by Gasteiger charge is -2.04. The summed E-state index contributed by atoms with van der Waals surface area (Å²) >= 11 is 0. The fourth-order valence-electron chi connectivity index (χ4n) is 1.43. The van der Waals surface area contributed by atoms with Crippen LogP contribution in [0, 0.1) is 10.1 Å². The Labute approximate surface area is 99.0 Å². The van der Waals surface area contributed by atoms with Crippen molar-refractivity contribution >= 4 is 11.6 Å². The number of aromatic nitrogens is 1. The van der Waals surface area contributed by atoms with Gasteiger partial charge in [0.25, 0.3) is 11.6 Å². The molecule has 17 heavy (non-hydrogen) atoms. The summed E-state index contributed by atoms with van der Waals surface area (Å²) in [6, 6.07) is 1.27. The first-order valence-corrected chi connectivity index (χ1v) is 5.30. The van der Waals surface area contributed by atoms with E-state index >= 15 is 0 Å². The molecule has 7 heteroatoms. The summed E-state index contributed by atoms with van der Waals surface area (Å²) in [5, 5.41) is 16.2. The topological polar surface area (TPSA) is 89.2 Å². The molecule has 1 aromatic rings. The van der Waals surface area contributed by atoms with Crippen molar-refractivity contribution in [2.75, 3.05) is 20.1 Å². The average molecular weight is 240 g/mol. The first-order valence-electron chi connectivity index (χ1n) is 5.30. The third-order valence-electron chi connectivity index (χ3n) is 2.32. The number of hydrogen-bond donors (Lipinski definition) is 2. The summed E-state index contributed by atoms with van der Waals surface area (Å²) in [5.41, 5.74) is 0.217. The zero-order chi connectivity index (χ0) is 12.8. The van der Waals surface area contributed by atoms with Gasteiger partial charge in [-0.25, -0.2) is 0 Å². The van der Waals surface area contributed by atoms with Crippen LogP contribution in [0.2, 0.25) is 0 Å². The maximum atomic E-state index is 11.7. The highest BCUT2D eigenvalue weighted by molar-refractivity contribution is 5.93. The van der Waals surface area contributed by atoms with Gasteiger partial charge < -0.3 is 15.2 Å². The molecule has 94 valence electrons. The van der Waals surface area contributed by atoms with E-state index in [0.29, 0.717) is 12.2 Å². The summed E-state index contributed by atoms with van der Waals surface area (Å²) in [7, 11) is 3.44. The predicted octanol–water partition coefficient (Wildman–Crippen LogP) is 0.273. The van der Waals surface area contributed by atoms with Gasteiger partial charge in [-0.1, -0.05) is 0 Å². The van der Waals surface area contributed by atoms with Gasteiger partial charge in [0, 0.05) is 19.7 Å². The summed E-state index contributed by atoms with van der Waals surface area (Å²) < 4.78 is 1.45. The minimum absolute atomic E-state index is 0.0760. The Kier molecular flexibility index (Phi) is 4.65. The summed E-state index contributed by atoms with van der Waals surface area (Å²) in [6.45, 7) is 1.35. The Hall–Kier alpha value is -1.89. The van der Waals surface area contributed by atoms with Crippen molar-refractivity contribution in [3.63, 3.8) is 0 Å². The number of nitrogens with zero attached hydrogens (tertiary/aromatic N) is 2. The zero-order valence-corrected chi connectivity index (χ0v) is 9.90. The van der Waals surface area contributed by atoms with Gasteiger partial charge >= 0.3 is 0 Å². The highest BCUT2D eigenvalue weighted by Crippen LogP contribution is 2.14. The van der Waals surface area contributed by atoms with Gasteiger partial charge in [0.15, 0.2) is 0 Å². The van der Waals surface area contributed by atoms with Gasteiger partial charge in [-0.2, -0.15) is 0 Å². The van der Waals surface area contributed by atoms with Crippen LogP contribution in [0.4, 0.5) is 5.69 Å². The molecule has 0 fully saturated rings. The van der Waals surface area contributed by atoms with Crippen molar-refractivity contribution in [3.05, 3.63) is 28.1 Å². The van der Waals surface area contributed by atoms with Crippen LogP contribution in [-0.4, -0.2) is 35.5 Å². The lowest BCUT2D eigenvalue weighted by molar-refractivity contribution is -0.384. The Morgan fingerprint density at radius 2 is 2.24 bits per heavy atom. The van der Waals surface area contributed by atoms with E-state index in [0.717, 1.165) is 13.0 Å². The number of carbonyl (C=O) groups excluding carboxylic acids is 1. The monoisotopic (exact) mass is 240 g/mol. The number of nitrogens with one attached hydrogen (secondary N) is 2. The first-order chi connectivity index (χ1) is 8.06. The van der Waals surface area contributed by atoms with Crippen LogP contribution >= 0.6 is 0 Å². The predicted molar refractivity (Wildman–Crippen MR) is 62.9 cm³/mol. The number of aryl methyl sites for hydroxylation is 1. The molecular weight excluding hydrogens is 224 g/mol. The van der Waals surface area contributed by atoms with Crippen molar-refractivity contribution in [2.45, 2.75) is 6.42 Å². The van der Waals surface area contributed by atoms with Gasteiger partial charge in [0.2, 0.25) is 0 Å². The summed E-state index contributed by atoms with van der Waals surface area (Å²) in [4.78, 5) is 21.7. The summed E-state index contributed by atoms with van der Waals surface area (Å²) in [5.74, 6) is -0.295. The minimum atomic E-state index is -0.516. The molecule has 1 amide bonds. The standard InChI is InChI=1S/C10H16N4O3/c1-11-4-3-5-12-10(15)9-6-8(14(16)17)7-13(9)2/h6-7,11H,3-5H2,1-2H3,(H,12,15). The molecule has 0 aromatic carbocycles. The molecule has 7 nitrogen and oxygen atoms in total. The maximum Gasteiger partial charge on any atom is 0.287 e. The normalized spacial score (nSPS) is 10.2. The van der Waals surface area contributed by atoms with Crippen molar-refractivity contribution < 1.29 is 9.72 Å². The number of carbonyl (C=O) groups is 1. The molecule has 0 aliphatic carbocycles. The second-order valence-electron chi connectivity index (χ2n) is 3.66. The van der Waals surface area contributed by atoms with E-state index in [-0.39, 0.29) is 11.6 Å². The first kappa shape index (κ1) is 13.2. The Morgan fingerprint density at radius 3 is 2.76 bits per heavy atom. The molecule has 0 saturated heterocycles. The quantitative estimate of drug-likeness (QED) is 0.424. The van der Waals surface area contributed by atoms with Crippen LogP contribution in [0.25, 0.3) is 0 Å². The highest BCUT2D eigenvalue weighted by Gasteiger charge is 2.16. The van der Waals surface area contributed by atoms with E-state index in [2.05, 4.69) is 10.6 Å². The molecule has 1 heterocycles. The SMILES string of the molecule is CNCCCNC(=O)c1cc([N+](=O)[O-])cn1C. The van der Waals surface area contributed by atoms with Crippen molar-refractivity contribution in [1.29, 1.82) is 0 Å². The van der Waals surface area contributed by atoms with Gasteiger partial charge in [-0.3, -0.25) is 14.9 Å². The van der Waals surface area contributed by atoms with Gasteiger partial charge in [0.05, 0.1) is 11.1 Å². The van der Waals surface area contributed by atoms with E-state index in [1.165, 1.54) is 16.8 Å². The fraction of sp³-hybridized carbons (Fsp3) is 0.500. The van der Waals surface area contributed by atoms with Crippen molar-refractivity contribution in [3.8, 4) is 0 Å². The highest BCUT2D eigenvalue weighted by atomic mass is 16.6. The molecule has 0 aliphatic heterocycles. The molecule has 0 bridgehead atoms. The molecule has 0 radical (unpaired) electrons. The van der Waals surface area contributed by atoms with Crippen LogP contribution in [0.1, 0.15) is 16.9 Å². The summed E-state index contributed by atoms with van der Waals surface area (Å²) in [6.07, 6.45) is 2.14. The van der Waals surface area contributed by atoms with Gasteiger partial charge in [-0.15, -0.1) is 0 Å². The molecule has 0 saturated carbocycles. The largest absolute Gasteiger partial charge is 0.351 e. The molecule has 0 atom stereocenters. The fourth-order valence-corrected chi connectivity index (χ4v) is 1.43. The van der Waals surface area contributed by atoms with Crippen LogP contribution in [0.15, 0.2) is 12.3 Å². The number of amides is 1. The van der Waals surface area contributed by atoms with Crippen LogP contribution < -0.4 is 10.6 Å². The van der Waals surface area contributed by atoms with Gasteiger partial charge in [0.1, 0.15) is 5.69 Å².